The van der Waals surface area contributed by atoms with Crippen LogP contribution in [0.15, 0.2) is 23.8 Å². The lowest BCUT2D eigenvalue weighted by atomic mass is 9.86. The zero-order valence-electron chi connectivity index (χ0n) is 20.5. The number of epoxide rings is 1. The van der Waals surface area contributed by atoms with Gasteiger partial charge in [-0.15, -0.1) is 0 Å². The minimum Gasteiger partial charge on any atom is -0.506 e. The van der Waals surface area contributed by atoms with E-state index in [1.807, 2.05) is 13.0 Å². The number of phenolic OH excluding ortho intramolecular Hbond substituents is 1. The number of benzene rings is 1. The standard InChI is InChI=1S/C25H33ClN2O8/c1-12-5-4-6-19(31)25(34)11-18(35-24(33)27-25)13(2)22-23(36-22)17(30)10-20(32)28(3)15-8-14(7-12)9-16(29)21(15)26/h5,8-9,13,17-19,22-23,29-31,34H,4,6-7,10-11H2,1-3H3,(H,27,33)/b12-5+/t13-,17+,18+,19-,22+,23?,25+/m1/s1. The molecule has 36 heavy (non-hydrogen) atoms. The number of nitrogens with one attached hydrogen (secondary N) is 1. The summed E-state index contributed by atoms with van der Waals surface area (Å²) in [5.74, 6) is -0.989. The predicted octanol–water partition coefficient (Wildman–Crippen LogP) is 1.99. The first-order valence-corrected chi connectivity index (χ1v) is 12.4. The highest BCUT2D eigenvalue weighted by Gasteiger charge is 2.54. The van der Waals surface area contributed by atoms with E-state index in [0.29, 0.717) is 18.5 Å². The second-order valence-electron chi connectivity index (χ2n) is 10.1. The highest BCUT2D eigenvalue weighted by Crippen LogP contribution is 2.40. The number of carbonyl (C=O) groups is 2. The van der Waals surface area contributed by atoms with Crippen LogP contribution in [0, 0.1) is 5.92 Å². The minimum absolute atomic E-state index is 0.0312. The minimum atomic E-state index is -1.88. The molecule has 0 spiro atoms. The van der Waals surface area contributed by atoms with E-state index in [1.165, 1.54) is 18.0 Å². The molecule has 3 aliphatic heterocycles. The topological polar surface area (TPSA) is 152 Å². The van der Waals surface area contributed by atoms with E-state index < -0.39 is 54.2 Å². The molecule has 0 aliphatic carbocycles. The van der Waals surface area contributed by atoms with Crippen LogP contribution in [0.4, 0.5) is 10.5 Å². The van der Waals surface area contributed by atoms with E-state index in [9.17, 15) is 30.0 Å². The number of nitrogens with zero attached hydrogens (tertiary/aromatic N) is 1. The van der Waals surface area contributed by atoms with Crippen molar-refractivity contribution < 1.29 is 39.5 Å². The maximum Gasteiger partial charge on any atom is 0.409 e. The van der Waals surface area contributed by atoms with Crippen LogP contribution in [-0.2, 0) is 20.7 Å². The fourth-order valence-corrected chi connectivity index (χ4v) is 5.26. The second kappa shape index (κ2) is 10.2. The molecule has 0 radical (unpaired) electrons. The van der Waals surface area contributed by atoms with Gasteiger partial charge in [0.25, 0.3) is 0 Å². The fourth-order valence-electron chi connectivity index (χ4n) is 5.02. The number of aromatic hydroxyl groups is 1. The van der Waals surface area contributed by atoms with Crippen molar-refractivity contribution in [3.8, 4) is 5.75 Å². The number of aliphatic hydroxyl groups excluding tert-OH is 2. The molecule has 4 rings (SSSR count). The highest BCUT2D eigenvalue weighted by molar-refractivity contribution is 6.35. The van der Waals surface area contributed by atoms with E-state index in [4.69, 9.17) is 21.1 Å². The Balaban J connectivity index is 1.64. The summed E-state index contributed by atoms with van der Waals surface area (Å²) in [4.78, 5) is 26.5. The number of halogens is 1. The first-order chi connectivity index (χ1) is 16.9. The van der Waals surface area contributed by atoms with Crippen LogP contribution in [0.25, 0.3) is 0 Å². The number of allylic oxidation sites excluding steroid dienone is 2. The van der Waals surface area contributed by atoms with Gasteiger partial charge in [0.05, 0.1) is 24.3 Å². The van der Waals surface area contributed by atoms with Crippen molar-refractivity contribution in [3.05, 3.63) is 34.4 Å². The quantitative estimate of drug-likeness (QED) is 0.255. The number of alkyl carbamates (subject to hydrolysis) is 1. The molecule has 2 fully saturated rings. The largest absolute Gasteiger partial charge is 0.506 e. The Morgan fingerprint density at radius 3 is 2.67 bits per heavy atom. The Hall–Kier alpha value is -2.37. The molecule has 10 nitrogen and oxygen atoms in total. The Labute approximate surface area is 214 Å². The normalized spacial score (nSPS) is 37.3. The Morgan fingerprint density at radius 1 is 1.22 bits per heavy atom. The lowest BCUT2D eigenvalue weighted by molar-refractivity contribution is -0.149. The summed E-state index contributed by atoms with van der Waals surface area (Å²) in [7, 11) is 1.52. The molecule has 2 amide bonds. The average molecular weight is 525 g/mol. The maximum absolute atomic E-state index is 13.0. The smallest absolute Gasteiger partial charge is 0.409 e. The third kappa shape index (κ3) is 5.47. The molecular weight excluding hydrogens is 492 g/mol. The number of amides is 2. The molecule has 7 atom stereocenters. The monoisotopic (exact) mass is 524 g/mol. The van der Waals surface area contributed by atoms with Crippen molar-refractivity contribution in [1.82, 2.24) is 5.32 Å². The van der Waals surface area contributed by atoms with Crippen molar-refractivity contribution >= 4 is 29.3 Å². The molecule has 2 saturated heterocycles. The first kappa shape index (κ1) is 26.7. The van der Waals surface area contributed by atoms with Gasteiger partial charge in [0, 0.05) is 19.4 Å². The molecule has 0 aromatic heterocycles. The molecule has 1 aromatic rings. The van der Waals surface area contributed by atoms with Gasteiger partial charge in [-0.25, -0.2) is 4.79 Å². The van der Waals surface area contributed by atoms with Gasteiger partial charge >= 0.3 is 6.09 Å². The molecule has 4 bridgehead atoms. The molecule has 5 N–H and O–H groups in total. The number of hydrogen-bond donors (Lipinski definition) is 5. The van der Waals surface area contributed by atoms with E-state index in [-0.39, 0.29) is 30.0 Å². The number of anilines is 1. The van der Waals surface area contributed by atoms with E-state index in [2.05, 4.69) is 5.32 Å². The number of aliphatic hydroxyl groups is 3. The van der Waals surface area contributed by atoms with Gasteiger partial charge in [0.15, 0.2) is 5.72 Å². The van der Waals surface area contributed by atoms with Gasteiger partial charge in [0.2, 0.25) is 5.91 Å². The molecule has 1 aromatic carbocycles. The average Bonchev–Trinajstić information content (AvgIpc) is 3.60. The van der Waals surface area contributed by atoms with Crippen molar-refractivity contribution in [1.29, 1.82) is 0 Å². The van der Waals surface area contributed by atoms with Crippen molar-refractivity contribution in [2.45, 2.75) is 82.2 Å². The number of ether oxygens (including phenoxy) is 2. The second-order valence-corrected chi connectivity index (χ2v) is 10.5. The van der Waals surface area contributed by atoms with Gasteiger partial charge in [-0.3, -0.25) is 10.1 Å². The summed E-state index contributed by atoms with van der Waals surface area (Å²) in [5.41, 5.74) is 0.0961. The molecular formula is C25H33ClN2O8. The van der Waals surface area contributed by atoms with Gasteiger partial charge in [-0.2, -0.15) is 0 Å². The fraction of sp³-hybridized carbons (Fsp3) is 0.600. The molecule has 0 saturated carbocycles. The van der Waals surface area contributed by atoms with E-state index in [0.717, 1.165) is 11.1 Å². The lowest BCUT2D eigenvalue weighted by Gasteiger charge is -2.41. The van der Waals surface area contributed by atoms with Crippen LogP contribution in [0.1, 0.15) is 45.1 Å². The van der Waals surface area contributed by atoms with Gasteiger partial charge in [0.1, 0.15) is 29.1 Å². The molecule has 3 heterocycles. The Morgan fingerprint density at radius 2 is 1.94 bits per heavy atom. The van der Waals surface area contributed by atoms with Crippen LogP contribution in [0.5, 0.6) is 5.75 Å². The van der Waals surface area contributed by atoms with Crippen molar-refractivity contribution in [2.75, 3.05) is 11.9 Å². The van der Waals surface area contributed by atoms with Crippen LogP contribution in [0.3, 0.4) is 0 Å². The number of fused-ring (bicyclic) bond motifs is 5. The number of hydrogen-bond acceptors (Lipinski definition) is 8. The summed E-state index contributed by atoms with van der Waals surface area (Å²) < 4.78 is 11.0. The highest BCUT2D eigenvalue weighted by atomic mass is 35.5. The van der Waals surface area contributed by atoms with Crippen LogP contribution >= 0.6 is 11.6 Å². The Kier molecular flexibility index (Phi) is 7.55. The van der Waals surface area contributed by atoms with Crippen molar-refractivity contribution in [3.63, 3.8) is 0 Å². The number of phenols is 1. The molecule has 198 valence electrons. The molecule has 1 unspecified atom stereocenters. The van der Waals surface area contributed by atoms with E-state index in [1.54, 1.807) is 13.0 Å². The summed E-state index contributed by atoms with van der Waals surface area (Å²) in [6.07, 6.45) is -2.48. The lowest BCUT2D eigenvalue weighted by Crippen LogP contribution is -2.63. The third-order valence-corrected chi connectivity index (χ3v) is 7.70. The summed E-state index contributed by atoms with van der Waals surface area (Å²) in [5, 5.41) is 45.2. The van der Waals surface area contributed by atoms with Crippen LogP contribution in [0.2, 0.25) is 5.02 Å². The van der Waals surface area contributed by atoms with Gasteiger partial charge < -0.3 is 34.8 Å². The van der Waals surface area contributed by atoms with Crippen LogP contribution in [-0.4, -0.2) is 75.7 Å². The molecule has 11 heteroatoms. The first-order valence-electron chi connectivity index (χ1n) is 12.1. The Bertz CT molecular complexity index is 1060. The van der Waals surface area contributed by atoms with E-state index >= 15 is 0 Å². The number of carbonyl (C=O) groups excluding carboxylic acids is 2. The maximum atomic E-state index is 13.0. The SMILES string of the molecule is C/C1=C\CC[C@@H](O)[C@@]2(O)C[C@H](OC(=O)N2)[C@@H](C)[C@@H]2OC2[C@@H](O)CC(=O)N(C)c2cc(cc(O)c2Cl)C1. The van der Waals surface area contributed by atoms with Gasteiger partial charge in [-0.1, -0.05) is 30.2 Å². The zero-order chi connectivity index (χ0) is 26.4. The van der Waals surface area contributed by atoms with Crippen molar-refractivity contribution in [2.24, 2.45) is 5.92 Å². The predicted molar refractivity (Wildman–Crippen MR) is 131 cm³/mol. The number of rotatable bonds is 0. The zero-order valence-corrected chi connectivity index (χ0v) is 21.2. The summed E-state index contributed by atoms with van der Waals surface area (Å²) >= 11 is 6.29. The summed E-state index contributed by atoms with van der Waals surface area (Å²) in [6, 6.07) is 3.24. The third-order valence-electron chi connectivity index (χ3n) is 7.31. The summed E-state index contributed by atoms with van der Waals surface area (Å²) in [6.45, 7) is 3.66. The van der Waals surface area contributed by atoms with Crippen LogP contribution < -0.4 is 10.2 Å². The van der Waals surface area contributed by atoms with Gasteiger partial charge in [-0.05, 0) is 43.9 Å². The molecule has 3 aliphatic rings.